The van der Waals surface area contributed by atoms with E-state index in [0.717, 1.165) is 29.5 Å². The van der Waals surface area contributed by atoms with Crippen molar-refractivity contribution in [2.75, 3.05) is 7.11 Å². The molecule has 0 amide bonds. The number of hydrogen-bond donors (Lipinski definition) is 2. The molecule has 16 heavy (non-hydrogen) atoms. The molecule has 0 spiro atoms. The largest absolute Gasteiger partial charge is 0.497 e. The summed E-state index contributed by atoms with van der Waals surface area (Å²) in [5.41, 5.74) is 4.07. The smallest absolute Gasteiger partial charge is 0.119 e. The van der Waals surface area contributed by atoms with Crippen LogP contribution in [0.15, 0.2) is 22.7 Å². The molecule has 0 heterocycles. The predicted molar refractivity (Wildman–Crippen MR) is 70.4 cm³/mol. The Balaban J connectivity index is 2.77. The highest BCUT2D eigenvalue weighted by Gasteiger charge is 2.09. The second-order valence-corrected chi connectivity index (χ2v) is 4.67. The molecule has 0 aliphatic carbocycles. The maximum atomic E-state index is 5.53. The lowest BCUT2D eigenvalue weighted by Crippen LogP contribution is -2.36. The molecule has 0 bridgehead atoms. The van der Waals surface area contributed by atoms with E-state index < -0.39 is 0 Å². The van der Waals surface area contributed by atoms with Crippen LogP contribution in [-0.2, 0) is 6.42 Å². The molecule has 1 aromatic carbocycles. The molecule has 4 heteroatoms. The molecular weight excluding hydrogens is 268 g/mol. The van der Waals surface area contributed by atoms with Crippen LogP contribution in [0.4, 0.5) is 0 Å². The van der Waals surface area contributed by atoms with E-state index in [1.807, 2.05) is 18.2 Å². The van der Waals surface area contributed by atoms with Gasteiger partial charge in [-0.2, -0.15) is 0 Å². The Hall–Kier alpha value is -0.580. The summed E-state index contributed by atoms with van der Waals surface area (Å²) in [7, 11) is 1.68. The number of benzene rings is 1. The van der Waals surface area contributed by atoms with E-state index in [1.54, 1.807) is 7.11 Å². The second-order valence-electron chi connectivity index (χ2n) is 3.81. The van der Waals surface area contributed by atoms with Crippen molar-refractivity contribution >= 4 is 15.9 Å². The van der Waals surface area contributed by atoms with Crippen molar-refractivity contribution in [1.82, 2.24) is 5.43 Å². The summed E-state index contributed by atoms with van der Waals surface area (Å²) >= 11 is 3.54. The zero-order chi connectivity index (χ0) is 12.0. The van der Waals surface area contributed by atoms with Gasteiger partial charge in [0.15, 0.2) is 0 Å². The molecule has 0 aliphatic heterocycles. The average molecular weight is 287 g/mol. The summed E-state index contributed by atoms with van der Waals surface area (Å²) in [6.07, 6.45) is 3.10. The fraction of sp³-hybridized carbons (Fsp3) is 0.500. The molecule has 0 aliphatic rings. The van der Waals surface area contributed by atoms with Crippen LogP contribution in [0.5, 0.6) is 5.75 Å². The number of nitrogens with two attached hydrogens (primary N) is 1. The van der Waals surface area contributed by atoms with Crippen LogP contribution in [0, 0.1) is 0 Å². The topological polar surface area (TPSA) is 47.3 Å². The van der Waals surface area contributed by atoms with Gasteiger partial charge < -0.3 is 4.74 Å². The second kappa shape index (κ2) is 6.89. The van der Waals surface area contributed by atoms with E-state index in [-0.39, 0.29) is 0 Å². The molecule has 1 aromatic rings. The van der Waals surface area contributed by atoms with Crippen LogP contribution in [0.2, 0.25) is 0 Å². The highest BCUT2D eigenvalue weighted by molar-refractivity contribution is 9.10. The molecule has 0 aromatic heterocycles. The molecule has 0 fully saturated rings. The number of hydrogen-bond acceptors (Lipinski definition) is 3. The van der Waals surface area contributed by atoms with E-state index in [0.29, 0.717) is 6.04 Å². The number of halogens is 1. The first-order valence-electron chi connectivity index (χ1n) is 5.49. The van der Waals surface area contributed by atoms with E-state index in [4.69, 9.17) is 10.6 Å². The molecule has 3 nitrogen and oxygen atoms in total. The number of methoxy groups -OCH3 is 1. The lowest BCUT2D eigenvalue weighted by Gasteiger charge is -2.16. The average Bonchev–Trinajstić information content (AvgIpc) is 2.31. The number of hydrazine groups is 1. The number of nitrogens with one attached hydrogen (secondary N) is 1. The third-order valence-corrected chi connectivity index (χ3v) is 3.37. The fourth-order valence-corrected chi connectivity index (χ4v) is 2.10. The first kappa shape index (κ1) is 13.5. The maximum absolute atomic E-state index is 5.53. The normalized spacial score (nSPS) is 12.5. The molecule has 90 valence electrons. The minimum atomic E-state index is 0.313. The molecule has 1 unspecified atom stereocenters. The first-order chi connectivity index (χ1) is 7.71. The fourth-order valence-electron chi connectivity index (χ4n) is 1.69. The third-order valence-electron chi connectivity index (χ3n) is 2.59. The van der Waals surface area contributed by atoms with Gasteiger partial charge in [0.1, 0.15) is 5.75 Å². The van der Waals surface area contributed by atoms with E-state index >= 15 is 0 Å². The van der Waals surface area contributed by atoms with Crippen molar-refractivity contribution < 1.29 is 4.74 Å². The van der Waals surface area contributed by atoms with Crippen molar-refractivity contribution in [3.63, 3.8) is 0 Å². The van der Waals surface area contributed by atoms with Crippen LogP contribution >= 0.6 is 15.9 Å². The summed E-state index contributed by atoms with van der Waals surface area (Å²) in [6, 6.07) is 6.31. The van der Waals surface area contributed by atoms with E-state index in [2.05, 4.69) is 28.3 Å². The SMILES string of the molecule is CCCC(Cc1cc(OC)ccc1Br)NN. The summed E-state index contributed by atoms with van der Waals surface area (Å²) < 4.78 is 6.31. The van der Waals surface area contributed by atoms with Gasteiger partial charge in [-0.15, -0.1) is 0 Å². The summed E-state index contributed by atoms with van der Waals surface area (Å²) in [5.74, 6) is 6.41. The zero-order valence-electron chi connectivity index (χ0n) is 9.79. The molecule has 3 N–H and O–H groups in total. The van der Waals surface area contributed by atoms with Crippen LogP contribution in [0.3, 0.4) is 0 Å². The molecule has 0 saturated carbocycles. The summed E-state index contributed by atoms with van der Waals surface area (Å²) in [6.45, 7) is 2.16. The Morgan fingerprint density at radius 2 is 2.25 bits per heavy atom. The highest BCUT2D eigenvalue weighted by atomic mass is 79.9. The number of rotatable bonds is 6. The van der Waals surface area contributed by atoms with Gasteiger partial charge in [0.05, 0.1) is 7.11 Å². The minimum Gasteiger partial charge on any atom is -0.497 e. The first-order valence-corrected chi connectivity index (χ1v) is 6.29. The van der Waals surface area contributed by atoms with E-state index in [1.165, 1.54) is 5.56 Å². The van der Waals surface area contributed by atoms with Crippen molar-refractivity contribution in [2.45, 2.75) is 32.2 Å². The van der Waals surface area contributed by atoms with Gasteiger partial charge in [-0.05, 0) is 36.6 Å². The van der Waals surface area contributed by atoms with Gasteiger partial charge in [0.25, 0.3) is 0 Å². The van der Waals surface area contributed by atoms with Gasteiger partial charge in [-0.1, -0.05) is 29.3 Å². The van der Waals surface area contributed by atoms with Crippen LogP contribution in [-0.4, -0.2) is 13.2 Å². The van der Waals surface area contributed by atoms with Gasteiger partial charge >= 0.3 is 0 Å². The Morgan fingerprint density at radius 3 is 2.81 bits per heavy atom. The molecule has 1 atom stereocenters. The minimum absolute atomic E-state index is 0.313. The monoisotopic (exact) mass is 286 g/mol. The number of ether oxygens (including phenoxy) is 1. The van der Waals surface area contributed by atoms with Crippen molar-refractivity contribution in [1.29, 1.82) is 0 Å². The van der Waals surface area contributed by atoms with Crippen LogP contribution in [0.1, 0.15) is 25.3 Å². The third kappa shape index (κ3) is 3.77. The lowest BCUT2D eigenvalue weighted by atomic mass is 10.0. The Kier molecular flexibility index (Phi) is 5.80. The predicted octanol–water partition coefficient (Wildman–Crippen LogP) is 2.63. The molecule has 0 saturated heterocycles. The van der Waals surface area contributed by atoms with Crippen molar-refractivity contribution in [3.05, 3.63) is 28.2 Å². The maximum Gasteiger partial charge on any atom is 0.119 e. The Bertz CT molecular complexity index is 331. The van der Waals surface area contributed by atoms with Gasteiger partial charge in [-0.3, -0.25) is 11.3 Å². The quantitative estimate of drug-likeness (QED) is 0.624. The van der Waals surface area contributed by atoms with Crippen LogP contribution < -0.4 is 16.0 Å². The zero-order valence-corrected chi connectivity index (χ0v) is 11.4. The van der Waals surface area contributed by atoms with Crippen LogP contribution in [0.25, 0.3) is 0 Å². The Labute approximate surface area is 105 Å². The lowest BCUT2D eigenvalue weighted by molar-refractivity contribution is 0.413. The molecule has 0 radical (unpaired) electrons. The Morgan fingerprint density at radius 1 is 1.50 bits per heavy atom. The molecule has 1 rings (SSSR count). The van der Waals surface area contributed by atoms with Crippen molar-refractivity contribution in [3.8, 4) is 5.75 Å². The van der Waals surface area contributed by atoms with Gasteiger partial charge in [0, 0.05) is 10.5 Å². The summed E-state index contributed by atoms with van der Waals surface area (Å²) in [5, 5.41) is 0. The van der Waals surface area contributed by atoms with E-state index in [9.17, 15) is 0 Å². The molecular formula is C12H19BrN2O. The van der Waals surface area contributed by atoms with Crippen molar-refractivity contribution in [2.24, 2.45) is 5.84 Å². The standard InChI is InChI=1S/C12H19BrN2O/c1-3-4-10(15-14)7-9-8-11(16-2)5-6-12(9)13/h5-6,8,10,15H,3-4,7,14H2,1-2H3. The van der Waals surface area contributed by atoms with Gasteiger partial charge in [-0.25, -0.2) is 0 Å². The highest BCUT2D eigenvalue weighted by Crippen LogP contribution is 2.24. The van der Waals surface area contributed by atoms with Gasteiger partial charge in [0.2, 0.25) is 0 Å². The summed E-state index contributed by atoms with van der Waals surface area (Å²) in [4.78, 5) is 0.